The number of hydrogen-bond donors (Lipinski definition) is 1. The van der Waals surface area contributed by atoms with Crippen LogP contribution in [0.2, 0.25) is 0 Å². The third-order valence-electron chi connectivity index (χ3n) is 2.66. The monoisotopic (exact) mass is 300 g/mol. The van der Waals surface area contributed by atoms with Crippen molar-refractivity contribution in [2.24, 2.45) is 5.14 Å². The molecule has 0 unspecified atom stereocenters. The second kappa shape index (κ2) is 4.39. The van der Waals surface area contributed by atoms with Crippen molar-refractivity contribution < 1.29 is 8.42 Å². The van der Waals surface area contributed by atoms with E-state index in [1.807, 2.05) is 38.5 Å². The Hall–Kier alpha value is -1.25. The third-order valence-corrected chi connectivity index (χ3v) is 4.29. The van der Waals surface area contributed by atoms with Gasteiger partial charge in [0.2, 0.25) is 0 Å². The lowest BCUT2D eigenvalue weighted by atomic mass is 10.1. The highest BCUT2D eigenvalue weighted by molar-refractivity contribution is 7.89. The van der Waals surface area contributed by atoms with E-state index in [-0.39, 0.29) is 5.16 Å². The molecule has 0 aromatic carbocycles. The van der Waals surface area contributed by atoms with Crippen LogP contribution in [0.5, 0.6) is 0 Å². The molecule has 19 heavy (non-hydrogen) atoms. The molecule has 0 aliphatic rings. The Morgan fingerprint density at radius 3 is 2.32 bits per heavy atom. The SMILES string of the molecule is Cc1cscc1-c1nnc(S(N)(=O)=O)n1C(C)(C)C. The molecule has 0 radical (unpaired) electrons. The first kappa shape index (κ1) is 14.2. The van der Waals surface area contributed by atoms with Crippen LogP contribution in [-0.4, -0.2) is 23.2 Å². The summed E-state index contributed by atoms with van der Waals surface area (Å²) in [5.41, 5.74) is 1.42. The Balaban J connectivity index is 2.79. The maximum Gasteiger partial charge on any atom is 0.273 e. The maximum atomic E-state index is 11.6. The number of aryl methyl sites for hydroxylation is 1. The van der Waals surface area contributed by atoms with E-state index in [0.717, 1.165) is 11.1 Å². The average molecular weight is 300 g/mol. The van der Waals surface area contributed by atoms with Crippen molar-refractivity contribution >= 4 is 21.4 Å². The number of hydrogen-bond acceptors (Lipinski definition) is 5. The number of rotatable bonds is 2. The zero-order valence-corrected chi connectivity index (χ0v) is 12.8. The van der Waals surface area contributed by atoms with Gasteiger partial charge < -0.3 is 0 Å². The van der Waals surface area contributed by atoms with Crippen LogP contribution < -0.4 is 5.14 Å². The summed E-state index contributed by atoms with van der Waals surface area (Å²) in [5, 5.41) is 16.7. The number of nitrogens with two attached hydrogens (primary N) is 1. The average Bonchev–Trinajstić information content (AvgIpc) is 2.79. The highest BCUT2D eigenvalue weighted by atomic mass is 32.2. The summed E-state index contributed by atoms with van der Waals surface area (Å²) in [4.78, 5) is 0. The summed E-state index contributed by atoms with van der Waals surface area (Å²) in [6.45, 7) is 7.60. The summed E-state index contributed by atoms with van der Waals surface area (Å²) in [6, 6.07) is 0. The van der Waals surface area contributed by atoms with Crippen molar-refractivity contribution in [2.45, 2.75) is 38.4 Å². The number of thiophene rings is 1. The van der Waals surface area contributed by atoms with Crippen molar-refractivity contribution in [1.29, 1.82) is 0 Å². The first-order chi connectivity index (χ1) is 8.62. The minimum atomic E-state index is -3.91. The lowest BCUT2D eigenvalue weighted by molar-refractivity contribution is 0.366. The van der Waals surface area contributed by atoms with Crippen molar-refractivity contribution in [1.82, 2.24) is 14.8 Å². The quantitative estimate of drug-likeness (QED) is 0.914. The van der Waals surface area contributed by atoms with Gasteiger partial charge in [-0.05, 0) is 38.6 Å². The Morgan fingerprint density at radius 1 is 1.26 bits per heavy atom. The molecule has 0 spiro atoms. The van der Waals surface area contributed by atoms with E-state index >= 15 is 0 Å². The van der Waals surface area contributed by atoms with Gasteiger partial charge in [-0.25, -0.2) is 13.6 Å². The maximum absolute atomic E-state index is 11.6. The first-order valence-corrected chi connectivity index (χ1v) is 8.13. The van der Waals surface area contributed by atoms with Crippen molar-refractivity contribution in [2.75, 3.05) is 0 Å². The van der Waals surface area contributed by atoms with Crippen LogP contribution >= 0.6 is 11.3 Å². The molecule has 0 aliphatic carbocycles. The van der Waals surface area contributed by atoms with Gasteiger partial charge >= 0.3 is 0 Å². The molecule has 8 heteroatoms. The van der Waals surface area contributed by atoms with Crippen molar-refractivity contribution in [3.05, 3.63) is 16.3 Å². The van der Waals surface area contributed by atoms with E-state index in [4.69, 9.17) is 5.14 Å². The molecular formula is C11H16N4O2S2. The van der Waals surface area contributed by atoms with Crippen LogP contribution in [0.15, 0.2) is 15.9 Å². The Kier molecular flexibility index (Phi) is 3.28. The van der Waals surface area contributed by atoms with E-state index < -0.39 is 15.6 Å². The fraction of sp³-hybridized carbons (Fsp3) is 0.455. The summed E-state index contributed by atoms with van der Waals surface area (Å²) in [5.74, 6) is 0.523. The molecule has 0 amide bonds. The predicted molar refractivity (Wildman–Crippen MR) is 74.4 cm³/mol. The van der Waals surface area contributed by atoms with Gasteiger partial charge in [-0.2, -0.15) is 11.3 Å². The van der Waals surface area contributed by atoms with Gasteiger partial charge in [-0.15, -0.1) is 10.2 Å². The van der Waals surface area contributed by atoms with Crippen molar-refractivity contribution in [3.8, 4) is 11.4 Å². The first-order valence-electron chi connectivity index (χ1n) is 5.64. The molecule has 0 saturated heterocycles. The fourth-order valence-corrected chi connectivity index (χ4v) is 3.42. The third kappa shape index (κ3) is 2.56. The smallest absolute Gasteiger partial charge is 0.273 e. The minimum Gasteiger partial charge on any atom is -0.291 e. The van der Waals surface area contributed by atoms with E-state index in [1.165, 1.54) is 11.3 Å². The van der Waals surface area contributed by atoms with E-state index in [1.54, 1.807) is 4.57 Å². The Bertz CT molecular complexity index is 707. The van der Waals surface area contributed by atoms with Crippen LogP contribution in [0.3, 0.4) is 0 Å². The lowest BCUT2D eigenvalue weighted by Crippen LogP contribution is -2.29. The fourth-order valence-electron chi connectivity index (χ4n) is 1.82. The molecule has 2 heterocycles. The molecule has 2 N–H and O–H groups in total. The molecule has 2 aromatic rings. The molecule has 0 fully saturated rings. The zero-order chi connectivity index (χ0) is 14.4. The zero-order valence-electron chi connectivity index (χ0n) is 11.2. The molecule has 104 valence electrons. The Labute approximate surface area is 116 Å². The molecule has 0 saturated carbocycles. The van der Waals surface area contributed by atoms with Crippen LogP contribution in [0, 0.1) is 6.92 Å². The van der Waals surface area contributed by atoms with Gasteiger partial charge in [0, 0.05) is 16.5 Å². The van der Waals surface area contributed by atoms with E-state index in [0.29, 0.717) is 5.82 Å². The van der Waals surface area contributed by atoms with Crippen LogP contribution in [0.25, 0.3) is 11.4 Å². The summed E-state index contributed by atoms with van der Waals surface area (Å²) in [7, 11) is -3.91. The Morgan fingerprint density at radius 2 is 1.89 bits per heavy atom. The van der Waals surface area contributed by atoms with E-state index in [9.17, 15) is 8.42 Å². The van der Waals surface area contributed by atoms with Gasteiger partial charge in [0.1, 0.15) is 0 Å². The van der Waals surface area contributed by atoms with Crippen molar-refractivity contribution in [3.63, 3.8) is 0 Å². The molecular weight excluding hydrogens is 284 g/mol. The number of nitrogens with zero attached hydrogens (tertiary/aromatic N) is 3. The standard InChI is InChI=1S/C11H16N4O2S2/c1-7-5-18-6-8(7)9-13-14-10(19(12,16)17)15(9)11(2,3)4/h5-6H,1-4H3,(H2,12,16,17). The lowest BCUT2D eigenvalue weighted by Gasteiger charge is -2.24. The normalized spacial score (nSPS) is 12.9. The highest BCUT2D eigenvalue weighted by Crippen LogP contribution is 2.31. The molecule has 2 aromatic heterocycles. The topological polar surface area (TPSA) is 90.9 Å². The van der Waals surface area contributed by atoms with E-state index in [2.05, 4.69) is 10.2 Å². The van der Waals surface area contributed by atoms with Gasteiger partial charge in [0.15, 0.2) is 5.82 Å². The second-order valence-electron chi connectivity index (χ2n) is 5.33. The predicted octanol–water partition coefficient (Wildman–Crippen LogP) is 1.72. The van der Waals surface area contributed by atoms with Gasteiger partial charge in [0.05, 0.1) is 0 Å². The number of primary sulfonamides is 1. The molecule has 0 atom stereocenters. The second-order valence-corrected chi connectivity index (χ2v) is 7.52. The molecule has 0 aliphatic heterocycles. The highest BCUT2D eigenvalue weighted by Gasteiger charge is 2.29. The van der Waals surface area contributed by atoms with Crippen LogP contribution in [0.4, 0.5) is 0 Å². The minimum absolute atomic E-state index is 0.208. The number of sulfonamides is 1. The van der Waals surface area contributed by atoms with Gasteiger partial charge in [0.25, 0.3) is 15.2 Å². The van der Waals surface area contributed by atoms with Crippen LogP contribution in [-0.2, 0) is 15.6 Å². The van der Waals surface area contributed by atoms with Crippen LogP contribution in [0.1, 0.15) is 26.3 Å². The molecule has 6 nitrogen and oxygen atoms in total. The summed E-state index contributed by atoms with van der Waals surface area (Å²) < 4.78 is 24.8. The summed E-state index contributed by atoms with van der Waals surface area (Å²) in [6.07, 6.45) is 0. The largest absolute Gasteiger partial charge is 0.291 e. The summed E-state index contributed by atoms with van der Waals surface area (Å²) >= 11 is 1.54. The molecule has 2 rings (SSSR count). The molecule has 0 bridgehead atoms. The van der Waals surface area contributed by atoms with Gasteiger partial charge in [-0.3, -0.25) is 4.57 Å². The number of aromatic nitrogens is 3. The van der Waals surface area contributed by atoms with Gasteiger partial charge in [-0.1, -0.05) is 0 Å².